The molecule has 0 bridgehead atoms. The molecule has 1 unspecified atom stereocenters. The molecule has 2 rings (SSSR count). The molecule has 1 atom stereocenters. The lowest BCUT2D eigenvalue weighted by molar-refractivity contribution is -0.123. The summed E-state index contributed by atoms with van der Waals surface area (Å²) in [5, 5.41) is 0. The lowest BCUT2D eigenvalue weighted by atomic mass is 9.88. The molecule has 0 saturated heterocycles. The van der Waals surface area contributed by atoms with Gasteiger partial charge in [0.1, 0.15) is 12.4 Å². The first-order valence-electron chi connectivity index (χ1n) is 10.2. The van der Waals surface area contributed by atoms with E-state index in [9.17, 15) is 9.59 Å². The van der Waals surface area contributed by atoms with Crippen molar-refractivity contribution in [2.24, 2.45) is 17.6 Å². The van der Waals surface area contributed by atoms with Crippen LogP contribution in [-0.4, -0.2) is 32.2 Å². The fourth-order valence-electron chi connectivity index (χ4n) is 3.08. The van der Waals surface area contributed by atoms with Crippen LogP contribution in [-0.2, 0) is 27.3 Å². The van der Waals surface area contributed by atoms with Crippen LogP contribution in [0.5, 0.6) is 5.75 Å². The summed E-state index contributed by atoms with van der Waals surface area (Å²) < 4.78 is 16.5. The second kappa shape index (κ2) is 12.0. The number of ether oxygens (including phenoxy) is 3. The number of carbonyl (C=O) groups excluding carboxylic acids is 2. The van der Waals surface area contributed by atoms with E-state index in [1.165, 1.54) is 0 Å². The van der Waals surface area contributed by atoms with Crippen LogP contribution in [0.4, 0.5) is 0 Å². The Morgan fingerprint density at radius 3 is 2.40 bits per heavy atom. The molecule has 0 aliphatic rings. The van der Waals surface area contributed by atoms with E-state index < -0.39 is 5.97 Å². The Balaban J connectivity index is 2.14. The highest BCUT2D eigenvalue weighted by molar-refractivity contribution is 5.89. The number of primary amides is 1. The van der Waals surface area contributed by atoms with Crippen LogP contribution in [0.25, 0.3) is 0 Å². The predicted octanol–water partition coefficient (Wildman–Crippen LogP) is 3.76. The molecule has 162 valence electrons. The Kier molecular flexibility index (Phi) is 9.35. The Morgan fingerprint density at radius 2 is 1.77 bits per heavy atom. The number of amides is 1. The van der Waals surface area contributed by atoms with E-state index in [0.717, 1.165) is 17.5 Å². The first-order chi connectivity index (χ1) is 14.4. The molecule has 0 heterocycles. The van der Waals surface area contributed by atoms with Crippen LogP contribution >= 0.6 is 0 Å². The van der Waals surface area contributed by atoms with Gasteiger partial charge in [-0.15, -0.1) is 0 Å². The molecule has 2 aromatic rings. The van der Waals surface area contributed by atoms with Crippen LogP contribution in [0.1, 0.15) is 41.8 Å². The summed E-state index contributed by atoms with van der Waals surface area (Å²) in [5.41, 5.74) is 7.78. The highest BCUT2D eigenvalue weighted by Crippen LogP contribution is 2.25. The number of carbonyl (C=O) groups is 2. The van der Waals surface area contributed by atoms with E-state index in [-0.39, 0.29) is 24.3 Å². The normalized spacial score (nSPS) is 11.9. The number of hydrogen-bond donors (Lipinski definition) is 1. The molecule has 6 heteroatoms. The van der Waals surface area contributed by atoms with E-state index >= 15 is 0 Å². The van der Waals surface area contributed by atoms with Crippen molar-refractivity contribution in [3.8, 4) is 5.75 Å². The highest BCUT2D eigenvalue weighted by atomic mass is 16.5. The van der Waals surface area contributed by atoms with Gasteiger partial charge in [-0.1, -0.05) is 44.2 Å². The largest absolute Gasteiger partial charge is 0.493 e. The van der Waals surface area contributed by atoms with Crippen molar-refractivity contribution in [2.75, 3.05) is 20.3 Å². The van der Waals surface area contributed by atoms with Crippen molar-refractivity contribution in [1.82, 2.24) is 0 Å². The first-order valence-corrected chi connectivity index (χ1v) is 10.2. The van der Waals surface area contributed by atoms with Crippen LogP contribution in [0.15, 0.2) is 48.5 Å². The van der Waals surface area contributed by atoms with E-state index in [0.29, 0.717) is 30.9 Å². The maximum absolute atomic E-state index is 12.3. The summed E-state index contributed by atoms with van der Waals surface area (Å²) in [5.74, 6) is -0.184. The van der Waals surface area contributed by atoms with Gasteiger partial charge in [-0.3, -0.25) is 4.79 Å². The fourth-order valence-corrected chi connectivity index (χ4v) is 3.08. The molecule has 0 fully saturated rings. The van der Waals surface area contributed by atoms with Gasteiger partial charge in [0.05, 0.1) is 12.2 Å². The summed E-state index contributed by atoms with van der Waals surface area (Å²) in [6.45, 7) is 5.12. The SMILES string of the molecule is COCCCOc1cc(CC(C(N)=O)C(C)C)ccc1COC(=O)c1ccccc1. The minimum Gasteiger partial charge on any atom is -0.493 e. The highest BCUT2D eigenvalue weighted by Gasteiger charge is 2.21. The number of hydrogen-bond acceptors (Lipinski definition) is 5. The average molecular weight is 414 g/mol. The molecule has 30 heavy (non-hydrogen) atoms. The molecule has 0 aromatic heterocycles. The average Bonchev–Trinajstić information content (AvgIpc) is 2.74. The van der Waals surface area contributed by atoms with Gasteiger partial charge in [0.15, 0.2) is 0 Å². The number of methoxy groups -OCH3 is 1. The quantitative estimate of drug-likeness (QED) is 0.423. The predicted molar refractivity (Wildman–Crippen MR) is 115 cm³/mol. The van der Waals surface area contributed by atoms with Gasteiger partial charge < -0.3 is 19.9 Å². The maximum Gasteiger partial charge on any atom is 0.338 e. The van der Waals surface area contributed by atoms with Crippen molar-refractivity contribution in [2.45, 2.75) is 33.3 Å². The van der Waals surface area contributed by atoms with Crippen molar-refractivity contribution >= 4 is 11.9 Å². The fraction of sp³-hybridized carbons (Fsp3) is 0.417. The molecule has 0 radical (unpaired) electrons. The van der Waals surface area contributed by atoms with Gasteiger partial charge in [-0.05, 0) is 36.1 Å². The standard InChI is InChI=1S/C24H31NO5/c1-17(2)21(23(25)26)14-18-10-11-20(22(15-18)29-13-7-12-28-3)16-30-24(27)19-8-5-4-6-9-19/h4-6,8-11,15,17,21H,7,12-14,16H2,1-3H3,(H2,25,26). The Bertz CT molecular complexity index is 820. The Morgan fingerprint density at radius 1 is 1.03 bits per heavy atom. The molecule has 2 N–H and O–H groups in total. The molecule has 0 spiro atoms. The molecule has 0 aliphatic heterocycles. The number of nitrogens with two attached hydrogens (primary N) is 1. The minimum absolute atomic E-state index is 0.0943. The Hall–Kier alpha value is -2.86. The number of benzene rings is 2. The van der Waals surface area contributed by atoms with Gasteiger partial charge in [-0.2, -0.15) is 0 Å². The third kappa shape index (κ3) is 7.19. The number of esters is 1. The van der Waals surface area contributed by atoms with E-state index in [1.54, 1.807) is 31.4 Å². The van der Waals surface area contributed by atoms with E-state index in [1.807, 2.05) is 38.1 Å². The molecule has 1 amide bonds. The molecular weight excluding hydrogens is 382 g/mol. The maximum atomic E-state index is 12.3. The summed E-state index contributed by atoms with van der Waals surface area (Å²) in [7, 11) is 1.64. The molecule has 2 aromatic carbocycles. The van der Waals surface area contributed by atoms with E-state index in [4.69, 9.17) is 19.9 Å². The lowest BCUT2D eigenvalue weighted by Crippen LogP contribution is -2.29. The summed E-state index contributed by atoms with van der Waals surface area (Å²) in [4.78, 5) is 24.0. The van der Waals surface area contributed by atoms with Crippen LogP contribution in [0.2, 0.25) is 0 Å². The van der Waals surface area contributed by atoms with Crippen molar-refractivity contribution in [3.05, 3.63) is 65.2 Å². The van der Waals surface area contributed by atoms with Gasteiger partial charge >= 0.3 is 5.97 Å². The second-order valence-electron chi connectivity index (χ2n) is 7.54. The summed E-state index contributed by atoms with van der Waals surface area (Å²) >= 11 is 0. The number of rotatable bonds is 12. The van der Waals surface area contributed by atoms with Crippen molar-refractivity contribution in [3.63, 3.8) is 0 Å². The third-order valence-electron chi connectivity index (χ3n) is 4.88. The van der Waals surface area contributed by atoms with E-state index in [2.05, 4.69) is 0 Å². The second-order valence-corrected chi connectivity index (χ2v) is 7.54. The van der Waals surface area contributed by atoms with Gasteiger partial charge in [-0.25, -0.2) is 4.79 Å². The zero-order valence-electron chi connectivity index (χ0n) is 17.9. The first kappa shape index (κ1) is 23.4. The van der Waals surface area contributed by atoms with Gasteiger partial charge in [0.2, 0.25) is 5.91 Å². The summed E-state index contributed by atoms with van der Waals surface area (Å²) in [6.07, 6.45) is 1.27. The monoisotopic (exact) mass is 413 g/mol. The summed E-state index contributed by atoms with van der Waals surface area (Å²) in [6, 6.07) is 14.5. The Labute approximate surface area is 178 Å². The van der Waals surface area contributed by atoms with Crippen LogP contribution in [0, 0.1) is 11.8 Å². The smallest absolute Gasteiger partial charge is 0.338 e. The lowest BCUT2D eigenvalue weighted by Gasteiger charge is -2.19. The minimum atomic E-state index is -0.390. The molecule has 0 saturated carbocycles. The van der Waals surface area contributed by atoms with Crippen molar-refractivity contribution in [1.29, 1.82) is 0 Å². The van der Waals surface area contributed by atoms with Crippen LogP contribution in [0.3, 0.4) is 0 Å². The van der Waals surface area contributed by atoms with Crippen LogP contribution < -0.4 is 10.5 Å². The zero-order valence-corrected chi connectivity index (χ0v) is 17.9. The van der Waals surface area contributed by atoms with Crippen molar-refractivity contribution < 1.29 is 23.8 Å². The topological polar surface area (TPSA) is 87.8 Å². The molecule has 0 aliphatic carbocycles. The van der Waals surface area contributed by atoms with Gasteiger partial charge in [0, 0.05) is 31.6 Å². The molecular formula is C24H31NO5. The van der Waals surface area contributed by atoms with Gasteiger partial charge in [0.25, 0.3) is 0 Å². The molecule has 6 nitrogen and oxygen atoms in total. The third-order valence-corrected chi connectivity index (χ3v) is 4.88. The zero-order chi connectivity index (χ0) is 21.9.